The first-order valence-corrected chi connectivity index (χ1v) is 2.54. The molecule has 0 aliphatic carbocycles. The largest absolute Gasteiger partial charge is 1.00 e. The maximum Gasteiger partial charge on any atom is 1.00 e. The maximum atomic E-state index is 11.3. The summed E-state index contributed by atoms with van der Waals surface area (Å²) >= 11 is -3.02. The van der Waals surface area contributed by atoms with Crippen molar-refractivity contribution >= 4 is 11.1 Å². The van der Waals surface area contributed by atoms with Gasteiger partial charge in [-0.15, -0.1) is 0 Å². The maximum absolute atomic E-state index is 11.3. The van der Waals surface area contributed by atoms with Gasteiger partial charge in [-0.05, 0) is 0 Å². The van der Waals surface area contributed by atoms with E-state index in [4.69, 9.17) is 4.55 Å². The van der Waals surface area contributed by atoms with Crippen LogP contribution in [0.2, 0.25) is 0 Å². The Kier molecular flexibility index (Phi) is 5.71. The molecular formula is C2H5F2NaO2S. The van der Waals surface area contributed by atoms with E-state index in [9.17, 15) is 13.0 Å². The molecule has 46 valence electrons. The SMILES string of the molecule is CC(F)(F)S(=O)O.[H-].[Na+]. The summed E-state index contributed by atoms with van der Waals surface area (Å²) < 4.78 is 39.6. The molecule has 0 radical (unpaired) electrons. The molecule has 0 spiro atoms. The summed E-state index contributed by atoms with van der Waals surface area (Å²) in [6.45, 7) is 0.378. The van der Waals surface area contributed by atoms with Crippen molar-refractivity contribution in [2.45, 2.75) is 12.2 Å². The molecule has 1 N–H and O–H groups in total. The Hall–Kier alpha value is 0.970. The smallest absolute Gasteiger partial charge is 1.00 e. The van der Waals surface area contributed by atoms with E-state index < -0.39 is 16.3 Å². The molecule has 0 fully saturated rings. The summed E-state index contributed by atoms with van der Waals surface area (Å²) in [4.78, 5) is 0. The second kappa shape index (κ2) is 3.90. The number of rotatable bonds is 1. The van der Waals surface area contributed by atoms with Gasteiger partial charge in [0.2, 0.25) is 11.1 Å². The first-order valence-electron chi connectivity index (χ1n) is 1.43. The molecule has 1 unspecified atom stereocenters. The number of halogens is 2. The molecule has 1 atom stereocenters. The van der Waals surface area contributed by atoms with Crippen LogP contribution in [0, 0.1) is 0 Å². The normalized spacial score (nSPS) is 14.5. The van der Waals surface area contributed by atoms with Crippen molar-refractivity contribution < 1.29 is 48.5 Å². The van der Waals surface area contributed by atoms with Crippen LogP contribution in [0.5, 0.6) is 0 Å². The van der Waals surface area contributed by atoms with Crippen LogP contribution in [0.4, 0.5) is 8.78 Å². The van der Waals surface area contributed by atoms with Gasteiger partial charge in [0.15, 0.2) is 0 Å². The topological polar surface area (TPSA) is 37.3 Å². The Bertz CT molecular complexity index is 95.1. The number of hydrogen-bond acceptors (Lipinski definition) is 1. The van der Waals surface area contributed by atoms with Crippen LogP contribution < -0.4 is 29.6 Å². The quantitative estimate of drug-likeness (QED) is 0.348. The summed E-state index contributed by atoms with van der Waals surface area (Å²) in [7, 11) is 0. The van der Waals surface area contributed by atoms with E-state index in [0.29, 0.717) is 6.92 Å². The predicted octanol–water partition coefficient (Wildman–Crippen LogP) is -2.06. The van der Waals surface area contributed by atoms with E-state index in [1.165, 1.54) is 0 Å². The van der Waals surface area contributed by atoms with Gasteiger partial charge in [0.1, 0.15) is 0 Å². The van der Waals surface area contributed by atoms with E-state index >= 15 is 0 Å². The Morgan fingerprint density at radius 1 is 1.75 bits per heavy atom. The fourth-order valence-electron chi connectivity index (χ4n) is 0. The van der Waals surface area contributed by atoms with E-state index in [-0.39, 0.29) is 31.0 Å². The molecule has 0 aromatic carbocycles. The third kappa shape index (κ3) is 5.11. The molecule has 0 saturated carbocycles. The van der Waals surface area contributed by atoms with Gasteiger partial charge in [-0.25, -0.2) is 4.21 Å². The second-order valence-electron chi connectivity index (χ2n) is 1.06. The van der Waals surface area contributed by atoms with Gasteiger partial charge in [0.25, 0.3) is 0 Å². The van der Waals surface area contributed by atoms with Crippen molar-refractivity contribution in [2.75, 3.05) is 0 Å². The summed E-state index contributed by atoms with van der Waals surface area (Å²) in [6, 6.07) is 0. The molecule has 8 heavy (non-hydrogen) atoms. The zero-order valence-corrected chi connectivity index (χ0v) is 7.34. The molecule has 0 bridgehead atoms. The second-order valence-corrected chi connectivity index (χ2v) is 2.27. The fourth-order valence-corrected chi connectivity index (χ4v) is 0. The Balaban J connectivity index is -0.000000180. The molecule has 0 aliphatic rings. The van der Waals surface area contributed by atoms with Gasteiger partial charge in [0, 0.05) is 6.92 Å². The third-order valence-electron chi connectivity index (χ3n) is 0.307. The van der Waals surface area contributed by atoms with Gasteiger partial charge >= 0.3 is 34.8 Å². The summed E-state index contributed by atoms with van der Waals surface area (Å²) in [5.74, 6) is 0. The van der Waals surface area contributed by atoms with E-state index in [1.807, 2.05) is 0 Å². The summed E-state index contributed by atoms with van der Waals surface area (Å²) in [5, 5.41) is -3.47. The minimum absolute atomic E-state index is 0. The van der Waals surface area contributed by atoms with Gasteiger partial charge in [-0.3, -0.25) is 0 Å². The van der Waals surface area contributed by atoms with Gasteiger partial charge in [0.05, 0.1) is 0 Å². The van der Waals surface area contributed by atoms with Crippen molar-refractivity contribution in [2.24, 2.45) is 0 Å². The van der Waals surface area contributed by atoms with Crippen LogP contribution >= 0.6 is 0 Å². The molecule has 0 aromatic rings. The summed E-state index contributed by atoms with van der Waals surface area (Å²) in [5.41, 5.74) is 0. The molecule has 0 aromatic heterocycles. The minimum atomic E-state index is -3.47. The van der Waals surface area contributed by atoms with Crippen LogP contribution in [-0.4, -0.2) is 14.0 Å². The Morgan fingerprint density at radius 2 is 1.88 bits per heavy atom. The van der Waals surface area contributed by atoms with Crippen LogP contribution in [0.25, 0.3) is 0 Å². The van der Waals surface area contributed by atoms with Crippen LogP contribution in [0.15, 0.2) is 0 Å². The molecule has 0 amide bonds. The average molecular weight is 154 g/mol. The van der Waals surface area contributed by atoms with Crippen LogP contribution in [0.3, 0.4) is 0 Å². The first kappa shape index (κ1) is 11.7. The van der Waals surface area contributed by atoms with Crippen molar-refractivity contribution in [3.8, 4) is 0 Å². The first-order chi connectivity index (χ1) is 2.94. The van der Waals surface area contributed by atoms with Crippen LogP contribution in [0.1, 0.15) is 8.35 Å². The monoisotopic (exact) mass is 154 g/mol. The van der Waals surface area contributed by atoms with Gasteiger partial charge < -0.3 is 5.98 Å². The Morgan fingerprint density at radius 3 is 1.88 bits per heavy atom. The number of hydrogen-bond donors (Lipinski definition) is 1. The van der Waals surface area contributed by atoms with Gasteiger partial charge in [-0.1, -0.05) is 0 Å². The molecule has 0 saturated heterocycles. The average Bonchev–Trinajstić information content (AvgIpc) is 1.31. The molecule has 0 rings (SSSR count). The van der Waals surface area contributed by atoms with Crippen molar-refractivity contribution in [3.63, 3.8) is 0 Å². The molecule has 0 aliphatic heterocycles. The van der Waals surface area contributed by atoms with Gasteiger partial charge in [-0.2, -0.15) is 8.78 Å². The Labute approximate surface area is 71.7 Å². The fraction of sp³-hybridized carbons (Fsp3) is 1.00. The van der Waals surface area contributed by atoms with Crippen LogP contribution in [-0.2, 0) is 11.1 Å². The zero-order valence-electron chi connectivity index (χ0n) is 5.52. The third-order valence-corrected chi connectivity index (χ3v) is 0.920. The predicted molar refractivity (Wildman–Crippen MR) is 22.5 cm³/mol. The summed E-state index contributed by atoms with van der Waals surface area (Å²) in [6.07, 6.45) is 0. The molecule has 0 heterocycles. The molecular weight excluding hydrogens is 149 g/mol. The number of alkyl halides is 2. The standard InChI is InChI=1S/C2H4F2O2S.Na.H/c1-2(3,4)7(5)6;;/h1H3,(H,5,6);;/q;+1;-1. The van der Waals surface area contributed by atoms with E-state index in [0.717, 1.165) is 0 Å². The molecule has 6 heteroatoms. The van der Waals surface area contributed by atoms with Crippen molar-refractivity contribution in [1.29, 1.82) is 0 Å². The van der Waals surface area contributed by atoms with Crippen molar-refractivity contribution in [3.05, 3.63) is 0 Å². The minimum Gasteiger partial charge on any atom is -1.00 e. The molecule has 2 nitrogen and oxygen atoms in total. The van der Waals surface area contributed by atoms with E-state index in [2.05, 4.69) is 0 Å². The van der Waals surface area contributed by atoms with E-state index in [1.54, 1.807) is 0 Å². The van der Waals surface area contributed by atoms with Crippen molar-refractivity contribution in [1.82, 2.24) is 0 Å². The zero-order chi connectivity index (χ0) is 6.08.